The van der Waals surface area contributed by atoms with E-state index >= 15 is 0 Å². The normalized spacial score (nSPS) is 14.2. The lowest BCUT2D eigenvalue weighted by Crippen LogP contribution is -1.92. The van der Waals surface area contributed by atoms with E-state index in [0.29, 0.717) is 5.15 Å². The van der Waals surface area contributed by atoms with E-state index in [1.165, 1.54) is 5.56 Å². The van der Waals surface area contributed by atoms with E-state index in [4.69, 9.17) is 16.7 Å². The average Bonchev–Trinajstić information content (AvgIpc) is 2.47. The van der Waals surface area contributed by atoms with E-state index in [9.17, 15) is 0 Å². The summed E-state index contributed by atoms with van der Waals surface area (Å²) in [5.41, 5.74) is 4.07. The van der Waals surface area contributed by atoms with Crippen molar-refractivity contribution in [3.63, 3.8) is 0 Å². The number of hydrogen-bond donors (Lipinski definition) is 1. The van der Waals surface area contributed by atoms with Crippen molar-refractivity contribution >= 4 is 17.7 Å². The van der Waals surface area contributed by atoms with E-state index in [-0.39, 0.29) is 6.61 Å². The second kappa shape index (κ2) is 3.13. The third-order valence-corrected chi connectivity index (χ3v) is 2.48. The molecule has 1 aromatic heterocycles. The van der Waals surface area contributed by atoms with Crippen LogP contribution in [-0.4, -0.2) is 16.7 Å². The van der Waals surface area contributed by atoms with E-state index < -0.39 is 0 Å². The molecular weight excluding hydrogens is 186 g/mol. The zero-order valence-corrected chi connectivity index (χ0v) is 8.10. The van der Waals surface area contributed by atoms with Crippen LogP contribution in [0.25, 0.3) is 6.08 Å². The number of aliphatic hydroxyl groups is 1. The predicted molar refractivity (Wildman–Crippen MR) is 52.8 cm³/mol. The summed E-state index contributed by atoms with van der Waals surface area (Å²) in [6, 6.07) is 2.01. The van der Waals surface area contributed by atoms with Crippen LogP contribution in [-0.2, 0) is 6.42 Å². The maximum absolute atomic E-state index is 8.97. The predicted octanol–water partition coefficient (Wildman–Crippen LogP) is 1.98. The van der Waals surface area contributed by atoms with Gasteiger partial charge in [-0.15, -0.1) is 0 Å². The van der Waals surface area contributed by atoms with Gasteiger partial charge in [0.1, 0.15) is 5.15 Å². The van der Waals surface area contributed by atoms with Crippen LogP contribution in [0.15, 0.2) is 11.6 Å². The Labute approximate surface area is 81.9 Å². The molecule has 0 radical (unpaired) electrons. The highest BCUT2D eigenvalue weighted by Gasteiger charge is 2.15. The van der Waals surface area contributed by atoms with Gasteiger partial charge < -0.3 is 5.11 Å². The molecule has 2 nitrogen and oxygen atoms in total. The molecule has 68 valence electrons. The highest BCUT2D eigenvalue weighted by Crippen LogP contribution is 2.29. The van der Waals surface area contributed by atoms with Crippen LogP contribution in [0.1, 0.15) is 16.8 Å². The van der Waals surface area contributed by atoms with Gasteiger partial charge in [0.05, 0.1) is 6.61 Å². The summed E-state index contributed by atoms with van der Waals surface area (Å²) in [5.74, 6) is 0. The fourth-order valence-electron chi connectivity index (χ4n) is 1.61. The summed E-state index contributed by atoms with van der Waals surface area (Å²) in [6.07, 6.45) is 2.72. The van der Waals surface area contributed by atoms with Gasteiger partial charge in [-0.3, -0.25) is 0 Å². The molecule has 1 aliphatic carbocycles. The molecule has 0 spiro atoms. The topological polar surface area (TPSA) is 33.1 Å². The van der Waals surface area contributed by atoms with Crippen molar-refractivity contribution in [2.45, 2.75) is 13.3 Å². The van der Waals surface area contributed by atoms with E-state index in [1.54, 1.807) is 0 Å². The van der Waals surface area contributed by atoms with Crippen LogP contribution in [0.5, 0.6) is 0 Å². The van der Waals surface area contributed by atoms with Crippen LogP contribution in [0.4, 0.5) is 0 Å². The molecule has 2 rings (SSSR count). The summed E-state index contributed by atoms with van der Waals surface area (Å²) >= 11 is 5.96. The Morgan fingerprint density at radius 1 is 1.62 bits per heavy atom. The molecule has 1 heterocycles. The largest absolute Gasteiger partial charge is 0.392 e. The molecule has 0 amide bonds. The fourth-order valence-corrected chi connectivity index (χ4v) is 1.92. The number of pyridine rings is 1. The molecule has 0 unspecified atom stereocenters. The minimum absolute atomic E-state index is 0.101. The Morgan fingerprint density at radius 2 is 2.38 bits per heavy atom. The first-order chi connectivity index (χ1) is 6.20. The van der Waals surface area contributed by atoms with Crippen molar-refractivity contribution in [1.82, 2.24) is 4.98 Å². The number of aryl methyl sites for hydroxylation is 1. The van der Waals surface area contributed by atoms with Crippen molar-refractivity contribution < 1.29 is 5.11 Å². The molecular formula is C10H10ClNO. The highest BCUT2D eigenvalue weighted by atomic mass is 35.5. The van der Waals surface area contributed by atoms with Crippen molar-refractivity contribution in [3.8, 4) is 0 Å². The Morgan fingerprint density at radius 3 is 3.08 bits per heavy atom. The van der Waals surface area contributed by atoms with Gasteiger partial charge in [-0.1, -0.05) is 11.6 Å². The first kappa shape index (κ1) is 8.73. The molecule has 13 heavy (non-hydrogen) atoms. The third-order valence-electron chi connectivity index (χ3n) is 2.19. The summed E-state index contributed by atoms with van der Waals surface area (Å²) in [4.78, 5) is 4.15. The summed E-state index contributed by atoms with van der Waals surface area (Å²) in [5, 5.41) is 9.51. The van der Waals surface area contributed by atoms with Crippen LogP contribution < -0.4 is 0 Å². The average molecular weight is 196 g/mol. The molecule has 0 saturated heterocycles. The van der Waals surface area contributed by atoms with Crippen molar-refractivity contribution in [2.75, 3.05) is 6.61 Å². The maximum Gasteiger partial charge on any atom is 0.136 e. The molecule has 0 aliphatic heterocycles. The Kier molecular flexibility index (Phi) is 2.10. The van der Waals surface area contributed by atoms with Gasteiger partial charge >= 0.3 is 0 Å². The number of aliphatic hydroxyl groups excluding tert-OH is 1. The summed E-state index contributed by atoms with van der Waals surface area (Å²) < 4.78 is 0. The quantitative estimate of drug-likeness (QED) is 0.696. The monoisotopic (exact) mass is 195 g/mol. The minimum Gasteiger partial charge on any atom is -0.392 e. The molecule has 1 aliphatic rings. The van der Waals surface area contributed by atoms with Gasteiger partial charge in [0, 0.05) is 11.3 Å². The van der Waals surface area contributed by atoms with Gasteiger partial charge in [-0.25, -0.2) is 4.98 Å². The Bertz CT molecular complexity index is 385. The van der Waals surface area contributed by atoms with Crippen LogP contribution in [0.3, 0.4) is 0 Å². The van der Waals surface area contributed by atoms with Crippen molar-refractivity contribution in [2.24, 2.45) is 0 Å². The second-order valence-corrected chi connectivity index (χ2v) is 3.62. The molecule has 0 aromatic carbocycles. The van der Waals surface area contributed by atoms with E-state index in [0.717, 1.165) is 23.3 Å². The zero-order chi connectivity index (χ0) is 9.42. The van der Waals surface area contributed by atoms with Crippen molar-refractivity contribution in [3.05, 3.63) is 33.6 Å². The third kappa shape index (κ3) is 1.47. The molecule has 0 atom stereocenters. The smallest absolute Gasteiger partial charge is 0.136 e. The Balaban J connectivity index is 2.50. The van der Waals surface area contributed by atoms with Crippen LogP contribution in [0, 0.1) is 6.92 Å². The number of fused-ring (bicyclic) bond motifs is 1. The standard InChI is InChI=1S/C10H10ClNO/c1-6-2-8-3-7(5-13)4-9(8)10(11)12-6/h2,4,13H,3,5H2,1H3. The van der Waals surface area contributed by atoms with E-state index in [2.05, 4.69) is 4.98 Å². The van der Waals surface area contributed by atoms with Crippen LogP contribution in [0.2, 0.25) is 5.15 Å². The highest BCUT2D eigenvalue weighted by molar-refractivity contribution is 6.31. The molecule has 0 bridgehead atoms. The van der Waals surface area contributed by atoms with Gasteiger partial charge in [0.25, 0.3) is 0 Å². The number of aromatic nitrogens is 1. The first-order valence-electron chi connectivity index (χ1n) is 4.17. The molecule has 0 saturated carbocycles. The summed E-state index contributed by atoms with van der Waals surface area (Å²) in [6.45, 7) is 2.02. The summed E-state index contributed by atoms with van der Waals surface area (Å²) in [7, 11) is 0. The van der Waals surface area contributed by atoms with Crippen LogP contribution >= 0.6 is 11.6 Å². The van der Waals surface area contributed by atoms with Crippen molar-refractivity contribution in [1.29, 1.82) is 0 Å². The molecule has 1 aromatic rings. The SMILES string of the molecule is Cc1cc2c(c(Cl)n1)C=C(CO)C2. The maximum atomic E-state index is 8.97. The van der Waals surface area contributed by atoms with Gasteiger partial charge in [-0.2, -0.15) is 0 Å². The number of halogens is 1. The number of rotatable bonds is 1. The number of hydrogen-bond acceptors (Lipinski definition) is 2. The lowest BCUT2D eigenvalue weighted by Gasteiger charge is -2.01. The van der Waals surface area contributed by atoms with Gasteiger partial charge in [0.2, 0.25) is 0 Å². The lowest BCUT2D eigenvalue weighted by molar-refractivity contribution is 0.330. The number of nitrogens with zero attached hydrogens (tertiary/aromatic N) is 1. The van der Waals surface area contributed by atoms with Gasteiger partial charge in [-0.05, 0) is 36.6 Å². The first-order valence-corrected chi connectivity index (χ1v) is 4.55. The second-order valence-electron chi connectivity index (χ2n) is 3.26. The zero-order valence-electron chi connectivity index (χ0n) is 7.34. The molecule has 3 heteroatoms. The van der Waals surface area contributed by atoms with E-state index in [1.807, 2.05) is 19.1 Å². The fraction of sp³-hybridized carbons (Fsp3) is 0.300. The van der Waals surface area contributed by atoms with Gasteiger partial charge in [0.15, 0.2) is 0 Å². The Hall–Kier alpha value is -0.860. The molecule has 1 N–H and O–H groups in total. The minimum atomic E-state index is 0.101. The lowest BCUT2D eigenvalue weighted by atomic mass is 10.1. The molecule has 0 fully saturated rings.